The first-order chi connectivity index (χ1) is 10.7. The van der Waals surface area contributed by atoms with Crippen LogP contribution >= 0.6 is 11.8 Å². The molecule has 2 N–H and O–H groups in total. The molecule has 3 rings (SSSR count). The van der Waals surface area contributed by atoms with Crippen molar-refractivity contribution in [1.29, 1.82) is 0 Å². The number of amidine groups is 1. The number of aromatic nitrogens is 2. The summed E-state index contributed by atoms with van der Waals surface area (Å²) in [6.07, 6.45) is 3.59. The summed E-state index contributed by atoms with van der Waals surface area (Å²) in [6, 6.07) is 6.92. The number of hydrogen-bond acceptors (Lipinski definition) is 5. The number of thioether (sulfide) groups is 1. The van der Waals surface area contributed by atoms with E-state index in [1.54, 1.807) is 18.3 Å². The molecule has 1 aliphatic heterocycles. The van der Waals surface area contributed by atoms with Crippen molar-refractivity contribution in [3.63, 3.8) is 0 Å². The second kappa shape index (κ2) is 6.85. The highest BCUT2D eigenvalue weighted by Crippen LogP contribution is 2.22. The van der Waals surface area contributed by atoms with E-state index in [4.69, 9.17) is 4.74 Å². The first-order valence-corrected chi connectivity index (χ1v) is 8.08. The minimum atomic E-state index is 0.138. The predicted octanol–water partition coefficient (Wildman–Crippen LogP) is 2.40. The summed E-state index contributed by atoms with van der Waals surface area (Å²) in [5.41, 5.74) is 0.872. The van der Waals surface area contributed by atoms with Crippen LogP contribution in [0.4, 0.5) is 11.6 Å². The molecule has 1 aromatic carbocycles. The summed E-state index contributed by atoms with van der Waals surface area (Å²) < 4.78 is 7.43. The molecule has 1 atom stereocenters. The molecular weight excluding hydrogens is 300 g/mol. The van der Waals surface area contributed by atoms with Gasteiger partial charge in [-0.2, -0.15) is 4.99 Å². The SMILES string of the molecule is Cn1ccnc1N=C(Nc1ccc(O)cc1)C1COCCS1. The summed E-state index contributed by atoms with van der Waals surface area (Å²) in [7, 11) is 1.91. The average Bonchev–Trinajstić information content (AvgIpc) is 2.95. The molecule has 0 saturated carbocycles. The maximum absolute atomic E-state index is 9.39. The molecule has 1 aliphatic rings. The Morgan fingerprint density at radius 2 is 2.27 bits per heavy atom. The standard InChI is InChI=1S/C15H18N4O2S/c1-19-7-6-16-15(19)18-14(13-10-21-8-9-22-13)17-11-2-4-12(20)5-3-11/h2-7,13,20H,8-10H2,1H3,(H,16,17,18). The van der Waals surface area contributed by atoms with Gasteiger partial charge in [-0.1, -0.05) is 0 Å². The molecule has 1 aromatic heterocycles. The number of anilines is 1. The number of phenols is 1. The van der Waals surface area contributed by atoms with Crippen LogP contribution in [0, 0.1) is 0 Å². The van der Waals surface area contributed by atoms with Gasteiger partial charge in [-0.05, 0) is 24.3 Å². The molecular formula is C15H18N4O2S. The Kier molecular flexibility index (Phi) is 4.65. The van der Waals surface area contributed by atoms with Crippen LogP contribution in [-0.2, 0) is 11.8 Å². The van der Waals surface area contributed by atoms with Crippen LogP contribution in [0.15, 0.2) is 41.7 Å². The van der Waals surface area contributed by atoms with Crippen LogP contribution in [0.1, 0.15) is 0 Å². The highest BCUT2D eigenvalue weighted by molar-refractivity contribution is 8.00. The fourth-order valence-corrected chi connectivity index (χ4v) is 3.05. The van der Waals surface area contributed by atoms with E-state index < -0.39 is 0 Å². The van der Waals surface area contributed by atoms with Crippen LogP contribution < -0.4 is 5.32 Å². The zero-order valence-corrected chi connectivity index (χ0v) is 13.1. The molecule has 0 bridgehead atoms. The number of phenolic OH excluding ortho intramolecular Hbond substituents is 1. The Morgan fingerprint density at radius 1 is 1.45 bits per heavy atom. The van der Waals surface area contributed by atoms with E-state index in [2.05, 4.69) is 15.3 Å². The van der Waals surface area contributed by atoms with E-state index >= 15 is 0 Å². The minimum absolute atomic E-state index is 0.138. The molecule has 0 spiro atoms. The van der Waals surface area contributed by atoms with Crippen LogP contribution in [-0.4, -0.2) is 44.7 Å². The van der Waals surface area contributed by atoms with Crippen molar-refractivity contribution in [1.82, 2.24) is 9.55 Å². The highest BCUT2D eigenvalue weighted by atomic mass is 32.2. The summed E-state index contributed by atoms with van der Waals surface area (Å²) in [6.45, 7) is 1.40. The number of imidazole rings is 1. The second-order valence-corrected chi connectivity index (χ2v) is 6.25. The lowest BCUT2D eigenvalue weighted by Crippen LogP contribution is -2.33. The first-order valence-electron chi connectivity index (χ1n) is 7.03. The number of aromatic hydroxyl groups is 1. The normalized spacial score (nSPS) is 19.1. The largest absolute Gasteiger partial charge is 0.508 e. The molecule has 7 heteroatoms. The van der Waals surface area contributed by atoms with E-state index in [0.29, 0.717) is 12.6 Å². The Labute approximate surface area is 133 Å². The molecule has 0 amide bonds. The Bertz CT molecular complexity index is 648. The lowest BCUT2D eigenvalue weighted by Gasteiger charge is -2.24. The van der Waals surface area contributed by atoms with Gasteiger partial charge < -0.3 is 19.7 Å². The van der Waals surface area contributed by atoms with Crippen molar-refractivity contribution in [2.24, 2.45) is 12.0 Å². The first kappa shape index (κ1) is 14.9. The lowest BCUT2D eigenvalue weighted by molar-refractivity contribution is 0.153. The number of rotatable bonds is 3. The van der Waals surface area contributed by atoms with Gasteiger partial charge in [0.25, 0.3) is 0 Å². The van der Waals surface area contributed by atoms with Crippen molar-refractivity contribution >= 4 is 29.2 Å². The minimum Gasteiger partial charge on any atom is -0.508 e. The van der Waals surface area contributed by atoms with Gasteiger partial charge in [-0.15, -0.1) is 11.8 Å². The van der Waals surface area contributed by atoms with Gasteiger partial charge in [0.15, 0.2) is 0 Å². The quantitative estimate of drug-likeness (QED) is 0.516. The van der Waals surface area contributed by atoms with Crippen LogP contribution in [0.25, 0.3) is 0 Å². The average molecular weight is 318 g/mol. The van der Waals surface area contributed by atoms with Gasteiger partial charge in [0.05, 0.1) is 18.5 Å². The molecule has 6 nitrogen and oxygen atoms in total. The lowest BCUT2D eigenvalue weighted by atomic mass is 10.3. The molecule has 1 unspecified atom stereocenters. The Balaban J connectivity index is 1.86. The fourth-order valence-electron chi connectivity index (χ4n) is 2.09. The Morgan fingerprint density at radius 3 is 2.91 bits per heavy atom. The number of aryl methyl sites for hydroxylation is 1. The number of aliphatic imine (C=N–C) groups is 1. The van der Waals surface area contributed by atoms with E-state index in [-0.39, 0.29) is 11.0 Å². The second-order valence-electron chi connectivity index (χ2n) is 4.94. The number of nitrogens with one attached hydrogen (secondary N) is 1. The van der Waals surface area contributed by atoms with E-state index in [1.165, 1.54) is 0 Å². The van der Waals surface area contributed by atoms with Gasteiger partial charge in [-0.3, -0.25) is 0 Å². The van der Waals surface area contributed by atoms with Crippen molar-refractivity contribution in [2.45, 2.75) is 5.25 Å². The Hall–Kier alpha value is -1.99. The molecule has 2 aromatic rings. The van der Waals surface area contributed by atoms with Crippen LogP contribution in [0.2, 0.25) is 0 Å². The molecule has 22 heavy (non-hydrogen) atoms. The third-order valence-electron chi connectivity index (χ3n) is 3.28. The summed E-state index contributed by atoms with van der Waals surface area (Å²) in [4.78, 5) is 8.91. The molecule has 0 aliphatic carbocycles. The maximum Gasteiger partial charge on any atom is 0.230 e. The van der Waals surface area contributed by atoms with Crippen molar-refractivity contribution in [3.8, 4) is 5.75 Å². The number of nitrogens with zero attached hydrogens (tertiary/aromatic N) is 3. The molecule has 116 valence electrons. The zero-order valence-electron chi connectivity index (χ0n) is 12.3. The smallest absolute Gasteiger partial charge is 0.230 e. The third-order valence-corrected chi connectivity index (χ3v) is 4.44. The van der Waals surface area contributed by atoms with Gasteiger partial charge in [0.1, 0.15) is 11.6 Å². The molecule has 1 fully saturated rings. The molecule has 2 heterocycles. The maximum atomic E-state index is 9.39. The van der Waals surface area contributed by atoms with Crippen molar-refractivity contribution < 1.29 is 9.84 Å². The van der Waals surface area contributed by atoms with Gasteiger partial charge >= 0.3 is 0 Å². The van der Waals surface area contributed by atoms with Gasteiger partial charge in [-0.25, -0.2) is 4.98 Å². The molecule has 0 radical (unpaired) electrons. The topological polar surface area (TPSA) is 71.7 Å². The third kappa shape index (κ3) is 3.61. The summed E-state index contributed by atoms with van der Waals surface area (Å²) in [5.74, 6) is 2.64. The van der Waals surface area contributed by atoms with Crippen LogP contribution in [0.3, 0.4) is 0 Å². The number of hydrogen-bond donors (Lipinski definition) is 2. The van der Waals surface area contributed by atoms with Crippen molar-refractivity contribution in [3.05, 3.63) is 36.7 Å². The fraction of sp³-hybridized carbons (Fsp3) is 0.333. The van der Waals surface area contributed by atoms with E-state index in [9.17, 15) is 5.11 Å². The highest BCUT2D eigenvalue weighted by Gasteiger charge is 2.21. The van der Waals surface area contributed by atoms with E-state index in [0.717, 1.165) is 23.9 Å². The van der Waals surface area contributed by atoms with Crippen molar-refractivity contribution in [2.75, 3.05) is 24.3 Å². The monoisotopic (exact) mass is 318 g/mol. The van der Waals surface area contributed by atoms with Crippen LogP contribution in [0.5, 0.6) is 5.75 Å². The predicted molar refractivity (Wildman–Crippen MR) is 89.1 cm³/mol. The zero-order chi connectivity index (χ0) is 15.4. The van der Waals surface area contributed by atoms with Gasteiger partial charge in [0.2, 0.25) is 5.95 Å². The molecule has 1 saturated heterocycles. The number of benzene rings is 1. The number of ether oxygens (including phenoxy) is 1. The van der Waals surface area contributed by atoms with Gasteiger partial charge in [0, 0.05) is 30.9 Å². The summed E-state index contributed by atoms with van der Waals surface area (Å²) >= 11 is 1.82. The van der Waals surface area contributed by atoms with E-state index in [1.807, 2.05) is 41.7 Å². The summed E-state index contributed by atoms with van der Waals surface area (Å²) in [5, 5.41) is 12.9.